The number of unbranched alkanes of at least 4 members (excludes halogenated alkanes) is 1. The topological polar surface area (TPSA) is 24.9 Å². The van der Waals surface area contributed by atoms with Gasteiger partial charge in [-0.05, 0) is 25.0 Å². The fourth-order valence-electron chi connectivity index (χ4n) is 1.71. The average molecular weight is 260 g/mol. The Morgan fingerprint density at radius 2 is 2.00 bits per heavy atom. The van der Waals surface area contributed by atoms with Gasteiger partial charge in [0.1, 0.15) is 5.69 Å². The van der Waals surface area contributed by atoms with Gasteiger partial charge in [-0.15, -0.1) is 0 Å². The first-order chi connectivity index (χ1) is 8.47. The van der Waals surface area contributed by atoms with Crippen molar-refractivity contribution in [1.29, 1.82) is 0 Å². The Hall–Kier alpha value is -1.26. The molecule has 18 heavy (non-hydrogen) atoms. The van der Waals surface area contributed by atoms with Gasteiger partial charge in [-0.25, -0.2) is 4.98 Å². The normalized spacial score (nSPS) is 13.4. The Labute approximate surface area is 106 Å². The van der Waals surface area contributed by atoms with Crippen LogP contribution in [0.3, 0.4) is 0 Å². The zero-order chi connectivity index (χ0) is 13.6. The molecule has 1 rings (SSSR count). The first-order valence-corrected chi connectivity index (χ1v) is 6.27. The van der Waals surface area contributed by atoms with Gasteiger partial charge >= 0.3 is 6.18 Å². The van der Waals surface area contributed by atoms with E-state index in [4.69, 9.17) is 0 Å². The van der Waals surface area contributed by atoms with Crippen LogP contribution in [0.2, 0.25) is 0 Å². The molecule has 1 aromatic rings. The van der Waals surface area contributed by atoms with E-state index in [0.717, 1.165) is 31.7 Å². The Morgan fingerprint density at radius 3 is 2.44 bits per heavy atom. The van der Waals surface area contributed by atoms with E-state index in [-0.39, 0.29) is 0 Å². The number of halogens is 3. The van der Waals surface area contributed by atoms with Crippen molar-refractivity contribution < 1.29 is 13.2 Å². The Bertz CT molecular complexity index is 346. The number of pyridine rings is 1. The second-order valence-corrected chi connectivity index (χ2v) is 4.32. The second-order valence-electron chi connectivity index (χ2n) is 4.32. The minimum absolute atomic E-state index is 0.295. The van der Waals surface area contributed by atoms with E-state index < -0.39 is 11.9 Å². The average Bonchev–Trinajstić information content (AvgIpc) is 2.34. The molecule has 1 heterocycles. The minimum Gasteiger partial charge on any atom is -0.381 e. The van der Waals surface area contributed by atoms with Gasteiger partial charge in [-0.3, -0.25) is 0 Å². The molecule has 2 nitrogen and oxygen atoms in total. The van der Waals surface area contributed by atoms with E-state index >= 15 is 0 Å². The number of hydrogen-bond donors (Lipinski definition) is 1. The minimum atomic E-state index is -4.37. The molecule has 0 aliphatic rings. The van der Waals surface area contributed by atoms with E-state index in [1.54, 1.807) is 0 Å². The predicted octanol–water partition coefficient (Wildman–Crippen LogP) is 4.48. The lowest BCUT2D eigenvalue weighted by molar-refractivity contribution is -0.141. The molecule has 0 aliphatic heterocycles. The summed E-state index contributed by atoms with van der Waals surface area (Å²) >= 11 is 0. The number of rotatable bonds is 6. The molecule has 0 saturated heterocycles. The van der Waals surface area contributed by atoms with E-state index in [1.807, 2.05) is 0 Å². The van der Waals surface area contributed by atoms with Gasteiger partial charge in [0.15, 0.2) is 0 Å². The van der Waals surface area contributed by atoms with Crippen LogP contribution in [-0.2, 0) is 6.18 Å². The molecule has 0 aromatic carbocycles. The van der Waals surface area contributed by atoms with Crippen LogP contribution in [0.15, 0.2) is 18.3 Å². The standard InChI is InChI=1S/C13H19F3N2/c1-3-5-6-10(4-2)18-11-7-8-12(17-9-11)13(14,15)16/h7-10,18H,3-6H2,1-2H3. The van der Waals surface area contributed by atoms with Gasteiger partial charge in [-0.1, -0.05) is 26.7 Å². The van der Waals surface area contributed by atoms with Crippen molar-refractivity contribution in [3.05, 3.63) is 24.0 Å². The van der Waals surface area contributed by atoms with Gasteiger partial charge in [0.25, 0.3) is 0 Å². The maximum Gasteiger partial charge on any atom is 0.433 e. The molecule has 1 unspecified atom stereocenters. The summed E-state index contributed by atoms with van der Waals surface area (Å²) < 4.78 is 37.0. The second kappa shape index (κ2) is 6.61. The van der Waals surface area contributed by atoms with E-state index in [9.17, 15) is 13.2 Å². The fourth-order valence-corrected chi connectivity index (χ4v) is 1.71. The molecular weight excluding hydrogens is 241 g/mol. The maximum atomic E-state index is 12.3. The third kappa shape index (κ3) is 4.55. The van der Waals surface area contributed by atoms with Crippen molar-refractivity contribution in [2.24, 2.45) is 0 Å². The third-order valence-corrected chi connectivity index (χ3v) is 2.82. The van der Waals surface area contributed by atoms with Crippen molar-refractivity contribution in [2.75, 3.05) is 5.32 Å². The van der Waals surface area contributed by atoms with Crippen LogP contribution in [0.4, 0.5) is 18.9 Å². The molecule has 0 saturated carbocycles. The highest BCUT2D eigenvalue weighted by molar-refractivity contribution is 5.42. The number of nitrogens with one attached hydrogen (secondary N) is 1. The fraction of sp³-hybridized carbons (Fsp3) is 0.615. The van der Waals surface area contributed by atoms with Gasteiger partial charge < -0.3 is 5.32 Å². The van der Waals surface area contributed by atoms with Crippen LogP contribution in [0.25, 0.3) is 0 Å². The van der Waals surface area contributed by atoms with E-state index in [2.05, 4.69) is 24.1 Å². The molecule has 1 N–H and O–H groups in total. The highest BCUT2D eigenvalue weighted by Gasteiger charge is 2.32. The summed E-state index contributed by atoms with van der Waals surface area (Å²) in [5.74, 6) is 0. The highest BCUT2D eigenvalue weighted by Crippen LogP contribution is 2.28. The van der Waals surface area contributed by atoms with Crippen molar-refractivity contribution >= 4 is 5.69 Å². The molecular formula is C13H19F3N2. The number of hydrogen-bond acceptors (Lipinski definition) is 2. The van der Waals surface area contributed by atoms with Gasteiger partial charge in [-0.2, -0.15) is 13.2 Å². The van der Waals surface area contributed by atoms with Crippen molar-refractivity contribution in [2.45, 2.75) is 51.7 Å². The predicted molar refractivity (Wildman–Crippen MR) is 66.5 cm³/mol. The van der Waals surface area contributed by atoms with Gasteiger partial charge in [0.05, 0.1) is 11.9 Å². The largest absolute Gasteiger partial charge is 0.433 e. The SMILES string of the molecule is CCCCC(CC)Nc1ccc(C(F)(F)F)nc1. The third-order valence-electron chi connectivity index (χ3n) is 2.82. The first-order valence-electron chi connectivity index (χ1n) is 6.27. The summed E-state index contributed by atoms with van der Waals surface area (Å²) in [5, 5.41) is 3.21. The first kappa shape index (κ1) is 14.8. The number of anilines is 1. The van der Waals surface area contributed by atoms with Crippen LogP contribution in [0.5, 0.6) is 0 Å². The molecule has 0 fully saturated rings. The summed E-state index contributed by atoms with van der Waals surface area (Å²) in [7, 11) is 0. The lowest BCUT2D eigenvalue weighted by Crippen LogP contribution is -2.18. The van der Waals surface area contributed by atoms with Crippen molar-refractivity contribution in [3.8, 4) is 0 Å². The molecule has 5 heteroatoms. The van der Waals surface area contributed by atoms with Gasteiger partial charge in [0.2, 0.25) is 0 Å². The van der Waals surface area contributed by atoms with Crippen LogP contribution in [0.1, 0.15) is 45.2 Å². The van der Waals surface area contributed by atoms with Crippen molar-refractivity contribution in [3.63, 3.8) is 0 Å². The van der Waals surface area contributed by atoms with E-state index in [1.165, 1.54) is 12.3 Å². The molecule has 0 bridgehead atoms. The van der Waals surface area contributed by atoms with Crippen LogP contribution in [-0.4, -0.2) is 11.0 Å². The van der Waals surface area contributed by atoms with Crippen LogP contribution >= 0.6 is 0 Å². The number of nitrogens with zero attached hydrogens (tertiary/aromatic N) is 1. The van der Waals surface area contributed by atoms with Crippen LogP contribution < -0.4 is 5.32 Å². The summed E-state index contributed by atoms with van der Waals surface area (Å²) in [4.78, 5) is 3.43. The monoisotopic (exact) mass is 260 g/mol. The van der Waals surface area contributed by atoms with Crippen molar-refractivity contribution in [1.82, 2.24) is 4.98 Å². The maximum absolute atomic E-state index is 12.3. The number of alkyl halides is 3. The summed E-state index contributed by atoms with van der Waals surface area (Å²) in [6.07, 6.45) is 1.07. The summed E-state index contributed by atoms with van der Waals surface area (Å²) in [5.41, 5.74) is -0.208. The van der Waals surface area contributed by atoms with E-state index in [0.29, 0.717) is 11.7 Å². The lowest BCUT2D eigenvalue weighted by atomic mass is 10.1. The van der Waals surface area contributed by atoms with Gasteiger partial charge in [0, 0.05) is 6.04 Å². The Balaban J connectivity index is 2.62. The Morgan fingerprint density at radius 1 is 1.28 bits per heavy atom. The molecule has 102 valence electrons. The lowest BCUT2D eigenvalue weighted by Gasteiger charge is -2.18. The zero-order valence-electron chi connectivity index (χ0n) is 10.7. The quantitative estimate of drug-likeness (QED) is 0.815. The molecule has 0 aliphatic carbocycles. The highest BCUT2D eigenvalue weighted by atomic mass is 19.4. The smallest absolute Gasteiger partial charge is 0.381 e. The number of aromatic nitrogens is 1. The zero-order valence-corrected chi connectivity index (χ0v) is 10.7. The van der Waals surface area contributed by atoms with Crippen LogP contribution in [0, 0.1) is 0 Å². The summed E-state index contributed by atoms with van der Waals surface area (Å²) in [6.45, 7) is 4.18. The summed E-state index contributed by atoms with van der Waals surface area (Å²) in [6, 6.07) is 2.74. The molecule has 0 spiro atoms. The molecule has 1 aromatic heterocycles. The molecule has 0 amide bonds. The molecule has 0 radical (unpaired) electrons. The molecule has 1 atom stereocenters. The Kier molecular flexibility index (Phi) is 5.44.